The standard InChI is InChI=1S/C18H20N4O3/c1-3-25-18(24)12-4-6-14(7-5-12)22-17(23)15-10-16(20-11(2)19-15)21-13-8-9-13/h4-7,10,13H,3,8-9H2,1-2H3,(H,22,23)(H,19,20,21). The first-order valence-electron chi connectivity index (χ1n) is 8.26. The van der Waals surface area contributed by atoms with Crippen LogP contribution in [0.1, 0.15) is 46.4 Å². The number of nitrogens with one attached hydrogen (secondary N) is 2. The Kier molecular flexibility index (Phi) is 4.92. The SMILES string of the molecule is CCOC(=O)c1ccc(NC(=O)c2cc(NC3CC3)nc(C)n2)cc1. The van der Waals surface area contributed by atoms with E-state index in [1.54, 1.807) is 44.2 Å². The molecule has 7 nitrogen and oxygen atoms in total. The van der Waals surface area contributed by atoms with E-state index >= 15 is 0 Å². The minimum Gasteiger partial charge on any atom is -0.462 e. The third kappa shape index (κ3) is 4.53. The Morgan fingerprint density at radius 1 is 1.20 bits per heavy atom. The van der Waals surface area contributed by atoms with Gasteiger partial charge in [0.15, 0.2) is 0 Å². The maximum absolute atomic E-state index is 12.4. The minimum absolute atomic E-state index is 0.296. The monoisotopic (exact) mass is 340 g/mol. The highest BCUT2D eigenvalue weighted by Gasteiger charge is 2.22. The maximum Gasteiger partial charge on any atom is 0.338 e. The number of carbonyl (C=O) groups is 2. The topological polar surface area (TPSA) is 93.2 Å². The second-order valence-corrected chi connectivity index (χ2v) is 5.86. The lowest BCUT2D eigenvalue weighted by Crippen LogP contribution is -2.16. The van der Waals surface area contributed by atoms with Gasteiger partial charge in [0.05, 0.1) is 12.2 Å². The molecule has 0 bridgehead atoms. The quantitative estimate of drug-likeness (QED) is 0.786. The molecule has 130 valence electrons. The third-order valence-corrected chi connectivity index (χ3v) is 3.65. The van der Waals surface area contributed by atoms with Crippen molar-refractivity contribution in [1.82, 2.24) is 9.97 Å². The molecule has 1 aliphatic carbocycles. The van der Waals surface area contributed by atoms with Crippen molar-refractivity contribution < 1.29 is 14.3 Å². The van der Waals surface area contributed by atoms with E-state index in [0.717, 1.165) is 12.8 Å². The van der Waals surface area contributed by atoms with E-state index in [2.05, 4.69) is 20.6 Å². The van der Waals surface area contributed by atoms with E-state index in [-0.39, 0.29) is 11.9 Å². The fourth-order valence-corrected chi connectivity index (χ4v) is 2.29. The number of carbonyl (C=O) groups excluding carboxylic acids is 2. The molecule has 3 rings (SSSR count). The van der Waals surface area contributed by atoms with E-state index in [4.69, 9.17) is 4.74 Å². The van der Waals surface area contributed by atoms with Gasteiger partial charge in [-0.2, -0.15) is 0 Å². The van der Waals surface area contributed by atoms with Crippen molar-refractivity contribution >= 4 is 23.4 Å². The average molecular weight is 340 g/mol. The lowest BCUT2D eigenvalue weighted by atomic mass is 10.2. The Bertz CT molecular complexity index is 785. The number of nitrogens with zero attached hydrogens (tertiary/aromatic N) is 2. The highest BCUT2D eigenvalue weighted by atomic mass is 16.5. The number of esters is 1. The van der Waals surface area contributed by atoms with Gasteiger partial charge in [-0.1, -0.05) is 0 Å². The molecule has 25 heavy (non-hydrogen) atoms. The molecule has 1 heterocycles. The van der Waals surface area contributed by atoms with E-state index < -0.39 is 0 Å². The average Bonchev–Trinajstić information content (AvgIpc) is 3.39. The summed E-state index contributed by atoms with van der Waals surface area (Å²) in [5.41, 5.74) is 1.31. The predicted octanol–water partition coefficient (Wildman–Crippen LogP) is 2.79. The third-order valence-electron chi connectivity index (χ3n) is 3.65. The van der Waals surface area contributed by atoms with Crippen LogP contribution < -0.4 is 10.6 Å². The second kappa shape index (κ2) is 7.29. The highest BCUT2D eigenvalue weighted by Crippen LogP contribution is 2.24. The smallest absolute Gasteiger partial charge is 0.338 e. The maximum atomic E-state index is 12.4. The van der Waals surface area contributed by atoms with Crippen LogP contribution in [0.2, 0.25) is 0 Å². The van der Waals surface area contributed by atoms with Crippen LogP contribution in [0.25, 0.3) is 0 Å². The fourth-order valence-electron chi connectivity index (χ4n) is 2.29. The largest absolute Gasteiger partial charge is 0.462 e. The first-order chi connectivity index (χ1) is 12.0. The summed E-state index contributed by atoms with van der Waals surface area (Å²) in [6.07, 6.45) is 2.24. The Labute approximate surface area is 145 Å². The van der Waals surface area contributed by atoms with Crippen LogP contribution in [0.5, 0.6) is 0 Å². The molecule has 0 aliphatic heterocycles. The van der Waals surface area contributed by atoms with Crippen molar-refractivity contribution in [1.29, 1.82) is 0 Å². The van der Waals surface area contributed by atoms with Crippen molar-refractivity contribution in [3.63, 3.8) is 0 Å². The van der Waals surface area contributed by atoms with Crippen molar-refractivity contribution in [3.05, 3.63) is 47.4 Å². The summed E-state index contributed by atoms with van der Waals surface area (Å²) in [7, 11) is 0. The number of benzene rings is 1. The number of anilines is 2. The molecular formula is C18H20N4O3. The number of hydrogen-bond donors (Lipinski definition) is 2. The molecule has 1 aliphatic rings. The molecule has 0 spiro atoms. The van der Waals surface area contributed by atoms with Gasteiger partial charge < -0.3 is 15.4 Å². The summed E-state index contributed by atoms with van der Waals surface area (Å²) in [5, 5.41) is 6.04. The van der Waals surface area contributed by atoms with Gasteiger partial charge in [0.1, 0.15) is 17.3 Å². The summed E-state index contributed by atoms with van der Waals surface area (Å²) in [5.74, 6) is 0.488. The number of amides is 1. The molecule has 2 aromatic rings. The van der Waals surface area contributed by atoms with Crippen molar-refractivity contribution in [2.45, 2.75) is 32.7 Å². The van der Waals surface area contributed by atoms with Gasteiger partial charge in [-0.25, -0.2) is 14.8 Å². The molecular weight excluding hydrogens is 320 g/mol. The molecule has 0 saturated heterocycles. The van der Waals surface area contributed by atoms with Crippen molar-refractivity contribution in [2.24, 2.45) is 0 Å². The van der Waals surface area contributed by atoms with E-state index in [0.29, 0.717) is 41.2 Å². The number of ether oxygens (including phenoxy) is 1. The van der Waals surface area contributed by atoms with Gasteiger partial charge >= 0.3 is 5.97 Å². The van der Waals surface area contributed by atoms with Gasteiger partial charge in [-0.05, 0) is 51.0 Å². The lowest BCUT2D eigenvalue weighted by Gasteiger charge is -2.09. The van der Waals surface area contributed by atoms with Gasteiger partial charge in [-0.3, -0.25) is 4.79 Å². The molecule has 2 N–H and O–H groups in total. The fraction of sp³-hybridized carbons (Fsp3) is 0.333. The van der Waals surface area contributed by atoms with E-state index in [1.165, 1.54) is 0 Å². The Balaban J connectivity index is 1.69. The van der Waals surface area contributed by atoms with Gasteiger partial charge in [0.25, 0.3) is 5.91 Å². The minimum atomic E-state index is -0.386. The van der Waals surface area contributed by atoms with Crippen LogP contribution in [-0.2, 0) is 4.74 Å². The van der Waals surface area contributed by atoms with Gasteiger partial charge in [0.2, 0.25) is 0 Å². The van der Waals surface area contributed by atoms with E-state index in [1.807, 2.05) is 0 Å². The Morgan fingerprint density at radius 2 is 1.92 bits per heavy atom. The zero-order valence-electron chi connectivity index (χ0n) is 14.2. The van der Waals surface area contributed by atoms with Crippen LogP contribution in [0.4, 0.5) is 11.5 Å². The Hall–Kier alpha value is -2.96. The summed E-state index contributed by atoms with van der Waals surface area (Å²) < 4.78 is 4.93. The summed E-state index contributed by atoms with van der Waals surface area (Å²) in [4.78, 5) is 32.5. The van der Waals surface area contributed by atoms with Crippen LogP contribution in [-0.4, -0.2) is 34.5 Å². The first-order valence-corrected chi connectivity index (χ1v) is 8.26. The van der Waals surface area contributed by atoms with Crippen LogP contribution in [0, 0.1) is 6.92 Å². The molecule has 7 heteroatoms. The second-order valence-electron chi connectivity index (χ2n) is 5.86. The van der Waals surface area contributed by atoms with Crippen LogP contribution in [0.15, 0.2) is 30.3 Å². The zero-order chi connectivity index (χ0) is 17.8. The van der Waals surface area contributed by atoms with E-state index in [9.17, 15) is 9.59 Å². The van der Waals surface area contributed by atoms with Gasteiger partial charge in [0, 0.05) is 17.8 Å². The number of hydrogen-bond acceptors (Lipinski definition) is 6. The van der Waals surface area contributed by atoms with Crippen molar-refractivity contribution in [2.75, 3.05) is 17.2 Å². The summed E-state index contributed by atoms with van der Waals surface area (Å²) in [6, 6.07) is 8.62. The molecule has 1 fully saturated rings. The molecule has 1 aromatic heterocycles. The predicted molar refractivity (Wildman–Crippen MR) is 93.8 cm³/mol. The molecule has 0 atom stereocenters. The first kappa shape index (κ1) is 16.9. The van der Waals surface area contributed by atoms with Crippen LogP contribution >= 0.6 is 0 Å². The number of aromatic nitrogens is 2. The molecule has 0 radical (unpaired) electrons. The van der Waals surface area contributed by atoms with Gasteiger partial charge in [-0.15, -0.1) is 0 Å². The highest BCUT2D eigenvalue weighted by molar-refractivity contribution is 6.03. The molecule has 0 unspecified atom stereocenters. The van der Waals surface area contributed by atoms with Crippen molar-refractivity contribution in [3.8, 4) is 0 Å². The number of aryl methyl sites for hydroxylation is 1. The zero-order valence-corrected chi connectivity index (χ0v) is 14.2. The summed E-state index contributed by atoms with van der Waals surface area (Å²) >= 11 is 0. The van der Waals surface area contributed by atoms with Crippen LogP contribution in [0.3, 0.4) is 0 Å². The molecule has 1 saturated carbocycles. The molecule has 1 aromatic carbocycles. The number of rotatable bonds is 6. The Morgan fingerprint density at radius 3 is 2.56 bits per heavy atom. The normalized spacial score (nSPS) is 13.2. The lowest BCUT2D eigenvalue weighted by molar-refractivity contribution is 0.0526. The molecule has 1 amide bonds. The summed E-state index contributed by atoms with van der Waals surface area (Å²) in [6.45, 7) is 3.83.